The largest absolute Gasteiger partial charge is 0.436 e. The second-order valence-electron chi connectivity index (χ2n) is 5.22. The number of pyridine rings is 1. The van der Waals surface area contributed by atoms with Gasteiger partial charge in [0.25, 0.3) is 0 Å². The molecule has 4 nitrogen and oxygen atoms in total. The third-order valence-electron chi connectivity index (χ3n) is 3.53. The first-order valence-corrected chi connectivity index (χ1v) is 7.76. The quantitative estimate of drug-likeness (QED) is 0.478. The predicted molar refractivity (Wildman–Crippen MR) is 95.9 cm³/mol. The molecule has 0 amide bonds. The summed E-state index contributed by atoms with van der Waals surface area (Å²) in [6.07, 6.45) is 5.22. The van der Waals surface area contributed by atoms with Crippen molar-refractivity contribution in [3.05, 3.63) is 77.6 Å². The Labute approximate surface area is 143 Å². The van der Waals surface area contributed by atoms with Crippen molar-refractivity contribution in [2.24, 2.45) is 4.99 Å². The molecule has 0 N–H and O–H groups in total. The molecular weight excluding hydrogens is 322 g/mol. The molecule has 0 saturated carbocycles. The van der Waals surface area contributed by atoms with Crippen LogP contribution in [-0.4, -0.2) is 16.2 Å². The summed E-state index contributed by atoms with van der Waals surface area (Å²) in [4.78, 5) is 13.0. The Kier molecular flexibility index (Phi) is 3.81. The molecule has 116 valence electrons. The first-order valence-electron chi connectivity index (χ1n) is 7.38. The summed E-state index contributed by atoms with van der Waals surface area (Å²) >= 11 is 5.88. The number of halogens is 1. The van der Waals surface area contributed by atoms with Crippen LogP contribution in [0, 0.1) is 0 Å². The van der Waals surface area contributed by atoms with Crippen LogP contribution < -0.4 is 0 Å². The van der Waals surface area contributed by atoms with Gasteiger partial charge in [0.2, 0.25) is 5.89 Å². The Balaban J connectivity index is 1.64. The van der Waals surface area contributed by atoms with Gasteiger partial charge in [-0.25, -0.2) is 4.98 Å². The fourth-order valence-corrected chi connectivity index (χ4v) is 2.44. The zero-order valence-electron chi connectivity index (χ0n) is 12.6. The van der Waals surface area contributed by atoms with Crippen molar-refractivity contribution in [3.63, 3.8) is 0 Å². The van der Waals surface area contributed by atoms with Crippen molar-refractivity contribution in [2.75, 3.05) is 0 Å². The molecule has 0 spiro atoms. The first-order chi connectivity index (χ1) is 11.8. The van der Waals surface area contributed by atoms with Crippen molar-refractivity contribution in [1.82, 2.24) is 9.97 Å². The molecule has 2 aromatic heterocycles. The van der Waals surface area contributed by atoms with E-state index in [1.54, 1.807) is 18.6 Å². The van der Waals surface area contributed by atoms with Crippen molar-refractivity contribution in [1.29, 1.82) is 0 Å². The van der Waals surface area contributed by atoms with Gasteiger partial charge in [-0.05, 0) is 48.0 Å². The van der Waals surface area contributed by atoms with Crippen LogP contribution >= 0.6 is 11.6 Å². The molecule has 0 aliphatic carbocycles. The Morgan fingerprint density at radius 3 is 2.54 bits per heavy atom. The summed E-state index contributed by atoms with van der Waals surface area (Å²) in [7, 11) is 0. The minimum absolute atomic E-state index is 0.575. The summed E-state index contributed by atoms with van der Waals surface area (Å²) in [6, 6.07) is 16.9. The molecule has 0 saturated heterocycles. The van der Waals surface area contributed by atoms with Crippen LogP contribution in [0.15, 0.2) is 76.4 Å². The molecule has 0 aliphatic rings. The Bertz CT molecular complexity index is 1010. The van der Waals surface area contributed by atoms with Crippen molar-refractivity contribution < 1.29 is 4.42 Å². The third-order valence-corrected chi connectivity index (χ3v) is 3.78. The molecule has 4 aromatic rings. The van der Waals surface area contributed by atoms with Gasteiger partial charge in [0.1, 0.15) is 5.52 Å². The number of benzene rings is 2. The van der Waals surface area contributed by atoms with E-state index in [9.17, 15) is 0 Å². The number of rotatable bonds is 3. The Morgan fingerprint density at radius 2 is 1.75 bits per heavy atom. The zero-order valence-corrected chi connectivity index (χ0v) is 13.3. The standard InChI is InChI=1S/C19H12ClN3O/c20-15-3-1-13(2-4-15)12-22-16-5-6-18-17(11-16)23-19(24-18)14-7-9-21-10-8-14/h1-12H. The average Bonchev–Trinajstić information content (AvgIpc) is 3.05. The highest BCUT2D eigenvalue weighted by atomic mass is 35.5. The molecular formula is C19H12ClN3O. The summed E-state index contributed by atoms with van der Waals surface area (Å²) in [5.74, 6) is 0.575. The van der Waals surface area contributed by atoms with Gasteiger partial charge in [0.05, 0.1) is 5.69 Å². The maximum Gasteiger partial charge on any atom is 0.227 e. The van der Waals surface area contributed by atoms with Gasteiger partial charge in [-0.1, -0.05) is 23.7 Å². The van der Waals surface area contributed by atoms with Crippen molar-refractivity contribution in [3.8, 4) is 11.5 Å². The first kappa shape index (κ1) is 14.6. The number of nitrogens with zero attached hydrogens (tertiary/aromatic N) is 3. The lowest BCUT2D eigenvalue weighted by molar-refractivity contribution is 0.619. The van der Waals surface area contributed by atoms with Gasteiger partial charge in [-0.15, -0.1) is 0 Å². The number of aliphatic imine (C=N–C) groups is 1. The number of oxazole rings is 1. The molecule has 0 atom stereocenters. The van der Waals surface area contributed by atoms with E-state index in [4.69, 9.17) is 16.0 Å². The van der Waals surface area contributed by atoms with E-state index in [2.05, 4.69) is 15.0 Å². The Hall–Kier alpha value is -2.98. The maximum absolute atomic E-state index is 5.88. The minimum atomic E-state index is 0.575. The summed E-state index contributed by atoms with van der Waals surface area (Å²) in [5, 5.41) is 0.708. The highest BCUT2D eigenvalue weighted by molar-refractivity contribution is 6.30. The van der Waals surface area contributed by atoms with E-state index in [-0.39, 0.29) is 0 Å². The second-order valence-corrected chi connectivity index (χ2v) is 5.65. The molecule has 2 heterocycles. The molecule has 4 rings (SSSR count). The average molecular weight is 334 g/mol. The highest BCUT2D eigenvalue weighted by Gasteiger charge is 2.08. The van der Waals surface area contributed by atoms with Crippen LogP contribution in [0.2, 0.25) is 5.02 Å². The van der Waals surface area contributed by atoms with Gasteiger partial charge < -0.3 is 4.42 Å². The van der Waals surface area contributed by atoms with Crippen LogP contribution in [0.4, 0.5) is 5.69 Å². The minimum Gasteiger partial charge on any atom is -0.436 e. The maximum atomic E-state index is 5.88. The fourth-order valence-electron chi connectivity index (χ4n) is 2.31. The molecule has 2 aromatic carbocycles. The number of aromatic nitrogens is 2. The molecule has 0 unspecified atom stereocenters. The molecule has 0 radical (unpaired) electrons. The van der Waals surface area contributed by atoms with Crippen LogP contribution in [0.1, 0.15) is 5.56 Å². The molecule has 0 aliphatic heterocycles. The molecule has 5 heteroatoms. The summed E-state index contributed by atoms with van der Waals surface area (Å²) in [5.41, 5.74) is 4.19. The number of hydrogen-bond donors (Lipinski definition) is 0. The van der Waals surface area contributed by atoms with Gasteiger partial charge in [-0.2, -0.15) is 0 Å². The summed E-state index contributed by atoms with van der Waals surface area (Å²) < 4.78 is 5.78. The van der Waals surface area contributed by atoms with Crippen LogP contribution in [0.5, 0.6) is 0 Å². The lowest BCUT2D eigenvalue weighted by atomic mass is 10.2. The van der Waals surface area contributed by atoms with Gasteiger partial charge in [0, 0.05) is 29.2 Å². The molecule has 0 bridgehead atoms. The van der Waals surface area contributed by atoms with E-state index in [0.29, 0.717) is 10.9 Å². The van der Waals surface area contributed by atoms with Crippen molar-refractivity contribution in [2.45, 2.75) is 0 Å². The lowest BCUT2D eigenvalue weighted by Gasteiger charge is -1.94. The van der Waals surface area contributed by atoms with E-state index >= 15 is 0 Å². The van der Waals surface area contributed by atoms with Crippen LogP contribution in [0.3, 0.4) is 0 Å². The zero-order chi connectivity index (χ0) is 16.4. The number of hydrogen-bond acceptors (Lipinski definition) is 4. The van der Waals surface area contributed by atoms with E-state index in [0.717, 1.165) is 27.9 Å². The van der Waals surface area contributed by atoms with Gasteiger partial charge in [0.15, 0.2) is 5.58 Å². The smallest absolute Gasteiger partial charge is 0.227 e. The molecule has 0 fully saturated rings. The van der Waals surface area contributed by atoms with E-state index in [1.165, 1.54) is 0 Å². The normalized spacial score (nSPS) is 11.4. The summed E-state index contributed by atoms with van der Waals surface area (Å²) in [6.45, 7) is 0. The highest BCUT2D eigenvalue weighted by Crippen LogP contribution is 2.26. The predicted octanol–water partition coefficient (Wildman–Crippen LogP) is 5.29. The number of fused-ring (bicyclic) bond motifs is 1. The van der Waals surface area contributed by atoms with E-state index < -0.39 is 0 Å². The lowest BCUT2D eigenvalue weighted by Crippen LogP contribution is -1.79. The van der Waals surface area contributed by atoms with E-state index in [1.807, 2.05) is 54.6 Å². The van der Waals surface area contributed by atoms with Crippen LogP contribution in [-0.2, 0) is 0 Å². The Morgan fingerprint density at radius 1 is 0.958 bits per heavy atom. The topological polar surface area (TPSA) is 51.3 Å². The molecule has 24 heavy (non-hydrogen) atoms. The van der Waals surface area contributed by atoms with Gasteiger partial charge >= 0.3 is 0 Å². The second kappa shape index (κ2) is 6.26. The van der Waals surface area contributed by atoms with Crippen molar-refractivity contribution >= 4 is 34.6 Å². The van der Waals surface area contributed by atoms with Gasteiger partial charge in [-0.3, -0.25) is 9.98 Å². The fraction of sp³-hybridized carbons (Fsp3) is 0. The monoisotopic (exact) mass is 333 g/mol. The van der Waals surface area contributed by atoms with Crippen LogP contribution in [0.25, 0.3) is 22.6 Å². The SMILES string of the molecule is Clc1ccc(C=Nc2ccc3oc(-c4ccncc4)nc3c2)cc1. The third kappa shape index (κ3) is 3.05.